The summed E-state index contributed by atoms with van der Waals surface area (Å²) in [4.78, 5) is 0. The van der Waals surface area contributed by atoms with Crippen molar-refractivity contribution >= 4 is 0 Å². The standard InChI is InChI=1S/C10H20O.C2H6/c1-2-3-4-5-7-10(11)8-6-9-10;1-2/h11H,2-9H2,1H3;1-2H3. The lowest BCUT2D eigenvalue weighted by Gasteiger charge is -2.36. The van der Waals surface area contributed by atoms with Crippen LogP contribution in [0.3, 0.4) is 0 Å². The van der Waals surface area contributed by atoms with Crippen LogP contribution in [0.25, 0.3) is 0 Å². The molecule has 1 rings (SSSR count). The Bertz CT molecular complexity index is 106. The fourth-order valence-corrected chi connectivity index (χ4v) is 1.72. The third-order valence-corrected chi connectivity index (χ3v) is 2.78. The van der Waals surface area contributed by atoms with Crippen molar-refractivity contribution in [2.75, 3.05) is 0 Å². The van der Waals surface area contributed by atoms with Crippen molar-refractivity contribution in [3.8, 4) is 0 Å². The predicted molar refractivity (Wildman–Crippen MR) is 58.9 cm³/mol. The van der Waals surface area contributed by atoms with Gasteiger partial charge in [0.2, 0.25) is 0 Å². The molecule has 0 radical (unpaired) electrons. The van der Waals surface area contributed by atoms with Crippen LogP contribution in [-0.4, -0.2) is 10.7 Å². The Morgan fingerprint density at radius 3 is 2.08 bits per heavy atom. The molecule has 0 spiro atoms. The molecule has 80 valence electrons. The molecule has 0 aromatic carbocycles. The molecule has 0 bridgehead atoms. The van der Waals surface area contributed by atoms with Gasteiger partial charge in [-0.05, 0) is 25.7 Å². The van der Waals surface area contributed by atoms with Gasteiger partial charge in [0.25, 0.3) is 0 Å². The summed E-state index contributed by atoms with van der Waals surface area (Å²) in [6, 6.07) is 0. The smallest absolute Gasteiger partial charge is 0.0647 e. The van der Waals surface area contributed by atoms with E-state index in [1.165, 1.54) is 32.1 Å². The molecular weight excluding hydrogens is 160 g/mol. The van der Waals surface area contributed by atoms with Crippen LogP contribution in [0, 0.1) is 0 Å². The lowest BCUT2D eigenvalue weighted by molar-refractivity contribution is -0.0419. The first-order valence-corrected chi connectivity index (χ1v) is 5.99. The zero-order chi connectivity index (χ0) is 10.2. The van der Waals surface area contributed by atoms with Crippen molar-refractivity contribution in [2.45, 2.75) is 77.7 Å². The second kappa shape index (κ2) is 7.37. The van der Waals surface area contributed by atoms with Gasteiger partial charge in [-0.25, -0.2) is 0 Å². The lowest BCUT2D eigenvalue weighted by atomic mass is 9.77. The van der Waals surface area contributed by atoms with E-state index in [1.54, 1.807) is 0 Å². The predicted octanol–water partition coefficient (Wildman–Crippen LogP) is 3.90. The highest BCUT2D eigenvalue weighted by Gasteiger charge is 2.33. The fraction of sp³-hybridized carbons (Fsp3) is 1.00. The molecule has 1 aliphatic rings. The van der Waals surface area contributed by atoms with E-state index in [4.69, 9.17) is 0 Å². The average Bonchev–Trinajstić information content (AvgIpc) is 2.13. The molecule has 0 aliphatic heterocycles. The topological polar surface area (TPSA) is 20.2 Å². The summed E-state index contributed by atoms with van der Waals surface area (Å²) in [6.45, 7) is 6.22. The molecule has 0 aromatic heterocycles. The van der Waals surface area contributed by atoms with Gasteiger partial charge in [-0.1, -0.05) is 46.5 Å². The summed E-state index contributed by atoms with van der Waals surface area (Å²) >= 11 is 0. The number of unbranched alkanes of at least 4 members (excludes halogenated alkanes) is 3. The van der Waals surface area contributed by atoms with E-state index >= 15 is 0 Å². The van der Waals surface area contributed by atoms with Crippen LogP contribution in [-0.2, 0) is 0 Å². The van der Waals surface area contributed by atoms with Crippen molar-refractivity contribution in [2.24, 2.45) is 0 Å². The summed E-state index contributed by atoms with van der Waals surface area (Å²) in [5.41, 5.74) is -0.228. The Morgan fingerprint density at radius 2 is 1.69 bits per heavy atom. The van der Waals surface area contributed by atoms with Crippen LogP contribution in [0.5, 0.6) is 0 Å². The minimum absolute atomic E-state index is 0.228. The highest BCUT2D eigenvalue weighted by Crippen LogP contribution is 2.35. The van der Waals surface area contributed by atoms with Crippen molar-refractivity contribution < 1.29 is 5.11 Å². The fourth-order valence-electron chi connectivity index (χ4n) is 1.72. The molecule has 0 aromatic rings. The second-order valence-corrected chi connectivity index (χ2v) is 3.89. The number of aliphatic hydroxyl groups is 1. The Balaban J connectivity index is 0.000000671. The van der Waals surface area contributed by atoms with Gasteiger partial charge in [-0.3, -0.25) is 0 Å². The Morgan fingerprint density at radius 1 is 1.08 bits per heavy atom. The normalized spacial score (nSPS) is 18.5. The van der Waals surface area contributed by atoms with Gasteiger partial charge in [0.05, 0.1) is 5.60 Å². The van der Waals surface area contributed by atoms with Crippen molar-refractivity contribution in [3.05, 3.63) is 0 Å². The van der Waals surface area contributed by atoms with E-state index in [0.717, 1.165) is 19.3 Å². The molecule has 0 atom stereocenters. The lowest BCUT2D eigenvalue weighted by Crippen LogP contribution is -2.36. The third kappa shape index (κ3) is 5.30. The zero-order valence-corrected chi connectivity index (χ0v) is 9.60. The maximum absolute atomic E-state index is 9.71. The van der Waals surface area contributed by atoms with Crippen LogP contribution in [0.15, 0.2) is 0 Å². The highest BCUT2D eigenvalue weighted by atomic mass is 16.3. The van der Waals surface area contributed by atoms with Crippen LogP contribution in [0.1, 0.15) is 72.1 Å². The Labute approximate surface area is 83.5 Å². The van der Waals surface area contributed by atoms with Crippen LogP contribution >= 0.6 is 0 Å². The van der Waals surface area contributed by atoms with Gasteiger partial charge < -0.3 is 5.11 Å². The van der Waals surface area contributed by atoms with Crippen molar-refractivity contribution in [3.63, 3.8) is 0 Å². The van der Waals surface area contributed by atoms with Gasteiger partial charge in [0.1, 0.15) is 0 Å². The van der Waals surface area contributed by atoms with Gasteiger partial charge in [0, 0.05) is 0 Å². The van der Waals surface area contributed by atoms with E-state index in [-0.39, 0.29) is 5.60 Å². The van der Waals surface area contributed by atoms with Gasteiger partial charge in [-0.15, -0.1) is 0 Å². The molecule has 0 unspecified atom stereocenters. The summed E-state index contributed by atoms with van der Waals surface area (Å²) < 4.78 is 0. The SMILES string of the molecule is CC.CCCCCCC1(O)CCC1. The van der Waals surface area contributed by atoms with Gasteiger partial charge in [0.15, 0.2) is 0 Å². The highest BCUT2D eigenvalue weighted by molar-refractivity contribution is 4.86. The quantitative estimate of drug-likeness (QED) is 0.646. The van der Waals surface area contributed by atoms with Gasteiger partial charge in [-0.2, -0.15) is 0 Å². The number of hydrogen-bond donors (Lipinski definition) is 1. The van der Waals surface area contributed by atoms with E-state index in [1.807, 2.05) is 13.8 Å². The first-order valence-electron chi connectivity index (χ1n) is 5.99. The first-order chi connectivity index (χ1) is 6.27. The average molecular weight is 186 g/mol. The first kappa shape index (κ1) is 13.0. The van der Waals surface area contributed by atoms with Crippen molar-refractivity contribution in [1.82, 2.24) is 0 Å². The summed E-state index contributed by atoms with van der Waals surface area (Å²) in [5.74, 6) is 0. The molecule has 0 amide bonds. The molecule has 1 aliphatic carbocycles. The third-order valence-electron chi connectivity index (χ3n) is 2.78. The van der Waals surface area contributed by atoms with Crippen LogP contribution < -0.4 is 0 Å². The molecular formula is C12H26O. The van der Waals surface area contributed by atoms with E-state index in [0.29, 0.717) is 0 Å². The van der Waals surface area contributed by atoms with E-state index < -0.39 is 0 Å². The monoisotopic (exact) mass is 186 g/mol. The van der Waals surface area contributed by atoms with E-state index in [9.17, 15) is 5.11 Å². The summed E-state index contributed by atoms with van der Waals surface area (Å²) in [5, 5.41) is 9.71. The van der Waals surface area contributed by atoms with E-state index in [2.05, 4.69) is 6.92 Å². The van der Waals surface area contributed by atoms with Crippen molar-refractivity contribution in [1.29, 1.82) is 0 Å². The van der Waals surface area contributed by atoms with Crippen LogP contribution in [0.4, 0.5) is 0 Å². The Kier molecular flexibility index (Phi) is 7.35. The molecule has 1 heteroatoms. The molecule has 1 nitrogen and oxygen atoms in total. The molecule has 0 heterocycles. The zero-order valence-electron chi connectivity index (χ0n) is 9.60. The second-order valence-electron chi connectivity index (χ2n) is 3.89. The molecule has 1 fully saturated rings. The number of rotatable bonds is 5. The summed E-state index contributed by atoms with van der Waals surface area (Å²) in [6.07, 6.45) is 9.55. The van der Waals surface area contributed by atoms with Gasteiger partial charge >= 0.3 is 0 Å². The minimum atomic E-state index is -0.228. The maximum Gasteiger partial charge on any atom is 0.0647 e. The molecule has 13 heavy (non-hydrogen) atoms. The molecule has 1 saturated carbocycles. The minimum Gasteiger partial charge on any atom is -0.390 e. The van der Waals surface area contributed by atoms with Crippen LogP contribution in [0.2, 0.25) is 0 Å². The summed E-state index contributed by atoms with van der Waals surface area (Å²) in [7, 11) is 0. The Hall–Kier alpha value is -0.0400. The largest absolute Gasteiger partial charge is 0.390 e. The number of hydrogen-bond acceptors (Lipinski definition) is 1. The molecule has 0 saturated heterocycles. The molecule has 1 N–H and O–H groups in total. The maximum atomic E-state index is 9.71.